The van der Waals surface area contributed by atoms with Crippen LogP contribution >= 0.6 is 0 Å². The largest absolute Gasteiger partial charge is 0.393 e. The van der Waals surface area contributed by atoms with Crippen LogP contribution in [0.15, 0.2) is 0 Å². The lowest BCUT2D eigenvalue weighted by atomic mass is 10.1. The van der Waals surface area contributed by atoms with E-state index in [4.69, 9.17) is 0 Å². The average Bonchev–Trinajstić information content (AvgIpc) is 2.21. The Labute approximate surface area is 95.7 Å². The van der Waals surface area contributed by atoms with Crippen molar-refractivity contribution in [3.8, 4) is 0 Å². The summed E-state index contributed by atoms with van der Waals surface area (Å²) in [6.45, 7) is 11.0. The van der Waals surface area contributed by atoms with Gasteiger partial charge in [0.05, 0.1) is 6.10 Å². The van der Waals surface area contributed by atoms with Crippen LogP contribution in [0.4, 0.5) is 0 Å². The van der Waals surface area contributed by atoms with Crippen molar-refractivity contribution >= 4 is 0 Å². The van der Waals surface area contributed by atoms with E-state index in [0.29, 0.717) is 6.04 Å². The zero-order valence-electron chi connectivity index (χ0n) is 11.0. The zero-order chi connectivity index (χ0) is 11.7. The van der Waals surface area contributed by atoms with Gasteiger partial charge in [0, 0.05) is 6.04 Å². The highest BCUT2D eigenvalue weighted by Crippen LogP contribution is 2.08. The molecule has 0 aromatic rings. The highest BCUT2D eigenvalue weighted by atomic mass is 16.3. The molecule has 0 amide bonds. The first kappa shape index (κ1) is 14.9. The highest BCUT2D eigenvalue weighted by Gasteiger charge is 2.11. The van der Waals surface area contributed by atoms with Gasteiger partial charge in [-0.15, -0.1) is 0 Å². The van der Waals surface area contributed by atoms with E-state index in [9.17, 15) is 5.11 Å². The van der Waals surface area contributed by atoms with Gasteiger partial charge in [-0.25, -0.2) is 0 Å². The number of hydrogen-bond acceptors (Lipinski definition) is 2. The molecule has 1 N–H and O–H groups in total. The quantitative estimate of drug-likeness (QED) is 0.639. The molecule has 0 rings (SSSR count). The van der Waals surface area contributed by atoms with E-state index >= 15 is 0 Å². The maximum atomic E-state index is 9.22. The summed E-state index contributed by atoms with van der Waals surface area (Å²) in [6, 6.07) is 0.686. The molecule has 2 atom stereocenters. The highest BCUT2D eigenvalue weighted by molar-refractivity contribution is 4.66. The van der Waals surface area contributed by atoms with Gasteiger partial charge in [0.2, 0.25) is 0 Å². The van der Waals surface area contributed by atoms with E-state index in [2.05, 4.69) is 25.7 Å². The van der Waals surface area contributed by atoms with Crippen molar-refractivity contribution in [3.05, 3.63) is 0 Å². The van der Waals surface area contributed by atoms with Crippen molar-refractivity contribution in [1.29, 1.82) is 0 Å². The first-order valence-corrected chi connectivity index (χ1v) is 6.53. The van der Waals surface area contributed by atoms with Gasteiger partial charge in [-0.1, -0.05) is 20.3 Å². The third-order valence-electron chi connectivity index (χ3n) is 3.08. The monoisotopic (exact) mass is 215 g/mol. The van der Waals surface area contributed by atoms with Crippen LogP contribution in [0.5, 0.6) is 0 Å². The minimum absolute atomic E-state index is 0.144. The minimum atomic E-state index is -0.144. The second-order valence-electron chi connectivity index (χ2n) is 4.64. The van der Waals surface area contributed by atoms with Crippen LogP contribution in [0.1, 0.15) is 59.8 Å². The van der Waals surface area contributed by atoms with Gasteiger partial charge in [0.15, 0.2) is 0 Å². The predicted molar refractivity (Wildman–Crippen MR) is 67.1 cm³/mol. The fourth-order valence-electron chi connectivity index (χ4n) is 1.76. The molecule has 0 bridgehead atoms. The zero-order valence-corrected chi connectivity index (χ0v) is 11.0. The molecular weight excluding hydrogens is 186 g/mol. The van der Waals surface area contributed by atoms with Crippen molar-refractivity contribution < 1.29 is 5.11 Å². The van der Waals surface area contributed by atoms with E-state index in [1.165, 1.54) is 25.8 Å². The lowest BCUT2D eigenvalue weighted by molar-refractivity contribution is 0.156. The molecule has 0 spiro atoms. The molecule has 0 heterocycles. The van der Waals surface area contributed by atoms with E-state index < -0.39 is 0 Å². The van der Waals surface area contributed by atoms with Crippen LogP contribution in [-0.2, 0) is 0 Å². The molecule has 0 radical (unpaired) electrons. The second-order valence-corrected chi connectivity index (χ2v) is 4.64. The standard InChI is InChI=1S/C13H29NO/c1-5-7-10-14(12(3)6-2)11-8-9-13(4)15/h12-13,15H,5-11H2,1-4H3. The van der Waals surface area contributed by atoms with Crippen molar-refractivity contribution in [2.24, 2.45) is 0 Å². The molecule has 0 aliphatic carbocycles. The van der Waals surface area contributed by atoms with Gasteiger partial charge in [-0.3, -0.25) is 0 Å². The molecule has 2 heteroatoms. The first-order valence-electron chi connectivity index (χ1n) is 6.53. The van der Waals surface area contributed by atoms with E-state index in [1.54, 1.807) is 0 Å². The van der Waals surface area contributed by atoms with Gasteiger partial charge < -0.3 is 10.0 Å². The van der Waals surface area contributed by atoms with Gasteiger partial charge >= 0.3 is 0 Å². The van der Waals surface area contributed by atoms with Crippen LogP contribution in [0.25, 0.3) is 0 Å². The topological polar surface area (TPSA) is 23.5 Å². The van der Waals surface area contributed by atoms with Gasteiger partial charge in [0.25, 0.3) is 0 Å². The smallest absolute Gasteiger partial charge is 0.0512 e. The molecule has 0 aliphatic rings. The predicted octanol–water partition coefficient (Wildman–Crippen LogP) is 3.05. The Hall–Kier alpha value is -0.0800. The summed E-state index contributed by atoms with van der Waals surface area (Å²) in [5.41, 5.74) is 0. The fourth-order valence-corrected chi connectivity index (χ4v) is 1.76. The van der Waals surface area contributed by atoms with E-state index in [1.807, 2.05) is 6.92 Å². The number of aliphatic hydroxyl groups is 1. The Morgan fingerprint density at radius 1 is 1.07 bits per heavy atom. The summed E-state index contributed by atoms with van der Waals surface area (Å²) >= 11 is 0. The lowest BCUT2D eigenvalue weighted by Gasteiger charge is -2.28. The minimum Gasteiger partial charge on any atom is -0.393 e. The first-order chi connectivity index (χ1) is 7.11. The summed E-state index contributed by atoms with van der Waals surface area (Å²) < 4.78 is 0. The Morgan fingerprint density at radius 3 is 2.13 bits per heavy atom. The molecule has 92 valence electrons. The SMILES string of the molecule is CCCCN(CCCC(C)O)C(C)CC. The summed E-state index contributed by atoms with van der Waals surface area (Å²) in [7, 11) is 0. The molecule has 2 nitrogen and oxygen atoms in total. The Kier molecular flexibility index (Phi) is 9.12. The number of hydrogen-bond donors (Lipinski definition) is 1. The normalized spacial score (nSPS) is 15.6. The van der Waals surface area contributed by atoms with Crippen molar-refractivity contribution in [1.82, 2.24) is 4.90 Å². The molecule has 0 aromatic carbocycles. The third-order valence-corrected chi connectivity index (χ3v) is 3.08. The van der Waals surface area contributed by atoms with Crippen molar-refractivity contribution in [3.63, 3.8) is 0 Å². The molecule has 0 aliphatic heterocycles. The Balaban J connectivity index is 3.79. The molecular formula is C13H29NO. The molecule has 0 aromatic heterocycles. The Bertz CT molecular complexity index is 136. The van der Waals surface area contributed by atoms with E-state index in [0.717, 1.165) is 19.4 Å². The van der Waals surface area contributed by atoms with Crippen LogP contribution in [0.2, 0.25) is 0 Å². The number of unbranched alkanes of at least 4 members (excludes halogenated alkanes) is 1. The average molecular weight is 215 g/mol. The third kappa shape index (κ3) is 7.80. The molecule has 0 saturated carbocycles. The second kappa shape index (κ2) is 9.17. The summed E-state index contributed by atoms with van der Waals surface area (Å²) in [4.78, 5) is 2.56. The molecule has 15 heavy (non-hydrogen) atoms. The van der Waals surface area contributed by atoms with Crippen molar-refractivity contribution in [2.45, 2.75) is 71.9 Å². The molecule has 2 unspecified atom stereocenters. The molecule has 0 saturated heterocycles. The Morgan fingerprint density at radius 2 is 1.67 bits per heavy atom. The summed E-state index contributed by atoms with van der Waals surface area (Å²) in [6.07, 6.45) is 5.68. The van der Waals surface area contributed by atoms with Gasteiger partial charge in [0.1, 0.15) is 0 Å². The maximum Gasteiger partial charge on any atom is 0.0512 e. The number of aliphatic hydroxyl groups excluding tert-OH is 1. The maximum absolute atomic E-state index is 9.22. The van der Waals surface area contributed by atoms with Crippen LogP contribution in [0.3, 0.4) is 0 Å². The number of nitrogens with zero attached hydrogens (tertiary/aromatic N) is 1. The molecule has 0 fully saturated rings. The fraction of sp³-hybridized carbons (Fsp3) is 1.00. The lowest BCUT2D eigenvalue weighted by Crippen LogP contribution is -2.34. The van der Waals surface area contributed by atoms with Crippen molar-refractivity contribution in [2.75, 3.05) is 13.1 Å². The summed E-state index contributed by atoms with van der Waals surface area (Å²) in [5, 5.41) is 9.22. The van der Waals surface area contributed by atoms with E-state index in [-0.39, 0.29) is 6.10 Å². The van der Waals surface area contributed by atoms with Gasteiger partial charge in [-0.2, -0.15) is 0 Å². The van der Waals surface area contributed by atoms with Crippen LogP contribution in [0, 0.1) is 0 Å². The van der Waals surface area contributed by atoms with Crippen LogP contribution in [-0.4, -0.2) is 35.2 Å². The van der Waals surface area contributed by atoms with Gasteiger partial charge in [-0.05, 0) is 52.6 Å². The number of rotatable bonds is 9. The van der Waals surface area contributed by atoms with Crippen LogP contribution < -0.4 is 0 Å². The summed E-state index contributed by atoms with van der Waals surface area (Å²) in [5.74, 6) is 0.